The molecular formula is C14H15ClN6OS. The maximum Gasteiger partial charge on any atom is 0.277 e. The van der Waals surface area contributed by atoms with Crippen molar-refractivity contribution in [1.29, 1.82) is 0 Å². The quantitative estimate of drug-likeness (QED) is 0.603. The van der Waals surface area contributed by atoms with Crippen LogP contribution in [0.4, 0.5) is 0 Å². The van der Waals surface area contributed by atoms with Crippen molar-refractivity contribution >= 4 is 23.4 Å². The number of hydrogen-bond donors (Lipinski definition) is 0. The molecule has 0 aliphatic heterocycles. The zero-order valence-electron chi connectivity index (χ0n) is 12.5. The zero-order chi connectivity index (χ0) is 16.1. The highest BCUT2D eigenvalue weighted by Crippen LogP contribution is 2.25. The monoisotopic (exact) mass is 350 g/mol. The number of tetrazole rings is 1. The van der Waals surface area contributed by atoms with Crippen LogP contribution in [0.25, 0.3) is 11.5 Å². The summed E-state index contributed by atoms with van der Waals surface area (Å²) in [6.45, 7) is 2.95. The van der Waals surface area contributed by atoms with E-state index < -0.39 is 0 Å². The number of hydrogen-bond acceptors (Lipinski definition) is 7. The summed E-state index contributed by atoms with van der Waals surface area (Å²) in [5, 5.41) is 21.0. The van der Waals surface area contributed by atoms with Gasteiger partial charge in [-0.2, -0.15) is 0 Å². The third-order valence-electron chi connectivity index (χ3n) is 3.15. The second-order valence-corrected chi connectivity index (χ2v) is 6.20. The molecule has 0 aliphatic carbocycles. The van der Waals surface area contributed by atoms with Crippen molar-refractivity contribution in [1.82, 2.24) is 30.4 Å². The highest BCUT2D eigenvalue weighted by Gasteiger charge is 2.12. The molecule has 2 aromatic heterocycles. The van der Waals surface area contributed by atoms with Gasteiger partial charge in [-0.05, 0) is 41.1 Å². The summed E-state index contributed by atoms with van der Waals surface area (Å²) in [6.07, 6.45) is 2.14. The highest BCUT2D eigenvalue weighted by atomic mass is 35.5. The molecule has 3 aromatic rings. The molecule has 1 aromatic carbocycles. The van der Waals surface area contributed by atoms with Gasteiger partial charge >= 0.3 is 0 Å². The fourth-order valence-electron chi connectivity index (χ4n) is 1.91. The van der Waals surface area contributed by atoms with Gasteiger partial charge in [-0.25, -0.2) is 4.68 Å². The van der Waals surface area contributed by atoms with Crippen LogP contribution >= 0.6 is 23.4 Å². The predicted molar refractivity (Wildman–Crippen MR) is 87.0 cm³/mol. The number of aryl methyl sites for hydroxylation is 1. The number of thioether (sulfide) groups is 1. The van der Waals surface area contributed by atoms with E-state index in [1.807, 2.05) is 16.8 Å². The van der Waals surface area contributed by atoms with Crippen molar-refractivity contribution in [3.05, 3.63) is 35.1 Å². The zero-order valence-corrected chi connectivity index (χ0v) is 14.1. The summed E-state index contributed by atoms with van der Waals surface area (Å²) in [5.41, 5.74) is 0.835. The Bertz CT molecular complexity index is 757. The van der Waals surface area contributed by atoms with E-state index in [1.54, 1.807) is 12.1 Å². The maximum atomic E-state index is 5.87. The molecule has 23 heavy (non-hydrogen) atoms. The standard InChI is InChI=1S/C14H15ClN6OS/c1-2-3-8-21-12(16-19-20-21)9-23-14-18-17-13(22-14)10-4-6-11(15)7-5-10/h4-7H,2-3,8-9H2,1H3. The first-order valence-electron chi connectivity index (χ1n) is 7.23. The third kappa shape index (κ3) is 4.08. The molecule has 0 amide bonds. The first kappa shape index (κ1) is 15.9. The Morgan fingerprint density at radius 3 is 2.78 bits per heavy atom. The smallest absolute Gasteiger partial charge is 0.277 e. The second-order valence-electron chi connectivity index (χ2n) is 4.84. The molecule has 0 saturated carbocycles. The molecule has 0 bridgehead atoms. The molecule has 0 N–H and O–H groups in total. The van der Waals surface area contributed by atoms with Crippen molar-refractivity contribution < 1.29 is 4.42 Å². The van der Waals surface area contributed by atoms with Crippen LogP contribution in [0.5, 0.6) is 0 Å². The number of halogens is 1. The van der Waals surface area contributed by atoms with Crippen LogP contribution in [0, 0.1) is 0 Å². The van der Waals surface area contributed by atoms with Gasteiger partial charge in [0.1, 0.15) is 0 Å². The van der Waals surface area contributed by atoms with E-state index in [0.717, 1.165) is 30.8 Å². The first-order valence-corrected chi connectivity index (χ1v) is 8.60. The summed E-state index contributed by atoms with van der Waals surface area (Å²) in [4.78, 5) is 0. The van der Waals surface area contributed by atoms with Crippen molar-refractivity contribution in [2.24, 2.45) is 0 Å². The summed E-state index contributed by atoms with van der Waals surface area (Å²) in [5.74, 6) is 1.85. The Kier molecular flexibility index (Phi) is 5.24. The van der Waals surface area contributed by atoms with Crippen LogP contribution < -0.4 is 0 Å². The van der Waals surface area contributed by atoms with Crippen LogP contribution in [-0.4, -0.2) is 30.4 Å². The highest BCUT2D eigenvalue weighted by molar-refractivity contribution is 7.98. The molecule has 7 nitrogen and oxygen atoms in total. The van der Waals surface area contributed by atoms with Gasteiger partial charge < -0.3 is 4.42 Å². The van der Waals surface area contributed by atoms with Crippen molar-refractivity contribution in [3.8, 4) is 11.5 Å². The molecular weight excluding hydrogens is 336 g/mol. The first-order chi connectivity index (χ1) is 11.3. The maximum absolute atomic E-state index is 5.87. The molecule has 0 radical (unpaired) electrons. The van der Waals surface area contributed by atoms with Gasteiger partial charge in [0.25, 0.3) is 5.22 Å². The Labute approximate surface area is 142 Å². The summed E-state index contributed by atoms with van der Waals surface area (Å²) in [7, 11) is 0. The molecule has 0 saturated heterocycles. The largest absolute Gasteiger partial charge is 0.411 e. The fraction of sp³-hybridized carbons (Fsp3) is 0.357. The number of benzene rings is 1. The average molecular weight is 351 g/mol. The lowest BCUT2D eigenvalue weighted by molar-refractivity contribution is 0.465. The van der Waals surface area contributed by atoms with Crippen LogP contribution in [0.15, 0.2) is 33.9 Å². The SMILES string of the molecule is CCCCn1nnnc1CSc1nnc(-c2ccc(Cl)cc2)o1. The second kappa shape index (κ2) is 7.56. The molecule has 2 heterocycles. The summed E-state index contributed by atoms with van der Waals surface area (Å²) >= 11 is 7.28. The summed E-state index contributed by atoms with van der Waals surface area (Å²) in [6, 6.07) is 7.26. The molecule has 0 aliphatic rings. The van der Waals surface area contributed by atoms with Crippen molar-refractivity contribution in [2.45, 2.75) is 37.3 Å². The molecule has 0 atom stereocenters. The van der Waals surface area contributed by atoms with Gasteiger partial charge in [0.05, 0.1) is 5.75 Å². The molecule has 3 rings (SSSR count). The van der Waals surface area contributed by atoms with E-state index in [0.29, 0.717) is 21.9 Å². The summed E-state index contributed by atoms with van der Waals surface area (Å²) < 4.78 is 7.46. The Hall–Kier alpha value is -1.93. The van der Waals surface area contributed by atoms with E-state index in [-0.39, 0.29) is 0 Å². The molecule has 120 valence electrons. The lowest BCUT2D eigenvalue weighted by atomic mass is 10.2. The van der Waals surface area contributed by atoms with Crippen molar-refractivity contribution in [2.75, 3.05) is 0 Å². The van der Waals surface area contributed by atoms with Gasteiger partial charge in [-0.3, -0.25) is 0 Å². The predicted octanol–water partition coefficient (Wildman–Crippen LogP) is 3.47. The minimum Gasteiger partial charge on any atom is -0.411 e. The van der Waals surface area contributed by atoms with Crippen molar-refractivity contribution in [3.63, 3.8) is 0 Å². The van der Waals surface area contributed by atoms with E-state index in [9.17, 15) is 0 Å². The molecule has 0 spiro atoms. The van der Waals surface area contributed by atoms with Crippen LogP contribution in [0.3, 0.4) is 0 Å². The molecule has 0 fully saturated rings. The van der Waals surface area contributed by atoms with Crippen LogP contribution in [-0.2, 0) is 12.3 Å². The Morgan fingerprint density at radius 1 is 1.17 bits per heavy atom. The van der Waals surface area contributed by atoms with Gasteiger partial charge in [0.15, 0.2) is 5.82 Å². The Morgan fingerprint density at radius 2 is 2.00 bits per heavy atom. The number of nitrogens with zero attached hydrogens (tertiary/aromatic N) is 6. The Balaban J connectivity index is 1.63. The molecule has 9 heteroatoms. The topological polar surface area (TPSA) is 82.5 Å². The van der Waals surface area contributed by atoms with Gasteiger partial charge in [-0.15, -0.1) is 15.3 Å². The van der Waals surface area contributed by atoms with E-state index >= 15 is 0 Å². The minimum atomic E-state index is 0.467. The number of unbranched alkanes of at least 4 members (excludes halogenated alkanes) is 1. The van der Waals surface area contributed by atoms with Gasteiger partial charge in [-0.1, -0.05) is 36.7 Å². The van der Waals surface area contributed by atoms with Crippen LogP contribution in [0.2, 0.25) is 5.02 Å². The van der Waals surface area contributed by atoms with E-state index in [1.165, 1.54) is 11.8 Å². The number of aromatic nitrogens is 6. The molecule has 0 unspecified atom stereocenters. The van der Waals surface area contributed by atoms with E-state index in [2.05, 4.69) is 32.6 Å². The fourth-order valence-corrected chi connectivity index (χ4v) is 2.73. The lowest BCUT2D eigenvalue weighted by Crippen LogP contribution is -2.04. The normalized spacial score (nSPS) is 11.0. The number of rotatable bonds is 7. The average Bonchev–Trinajstić information content (AvgIpc) is 3.21. The van der Waals surface area contributed by atoms with Crippen LogP contribution in [0.1, 0.15) is 25.6 Å². The van der Waals surface area contributed by atoms with Gasteiger partial charge in [0, 0.05) is 17.1 Å². The van der Waals surface area contributed by atoms with E-state index in [4.69, 9.17) is 16.0 Å². The van der Waals surface area contributed by atoms with Gasteiger partial charge in [0.2, 0.25) is 5.89 Å². The third-order valence-corrected chi connectivity index (χ3v) is 4.22. The lowest BCUT2D eigenvalue weighted by Gasteiger charge is -2.01. The minimum absolute atomic E-state index is 0.467.